The van der Waals surface area contributed by atoms with Gasteiger partial charge in [0.25, 0.3) is 5.56 Å². The second-order valence-corrected chi connectivity index (χ2v) is 5.95. The minimum atomic E-state index is -0.648. The topological polar surface area (TPSA) is 48.3 Å². The maximum atomic E-state index is 14.4. The second-order valence-electron chi connectivity index (χ2n) is 5.95. The second kappa shape index (κ2) is 7.35. The Hall–Kier alpha value is -3.21. The molecule has 0 spiro atoms. The molecular weight excluding hydrogens is 333 g/mol. The number of rotatable bonds is 4. The Balaban J connectivity index is 2.10. The van der Waals surface area contributed by atoms with Crippen molar-refractivity contribution in [1.82, 2.24) is 4.57 Å². The fraction of sp³-hybridized carbons (Fsp3) is 0.143. The van der Waals surface area contributed by atoms with Crippen molar-refractivity contribution in [3.63, 3.8) is 0 Å². The Labute approximate surface area is 150 Å². The van der Waals surface area contributed by atoms with Gasteiger partial charge in [-0.05, 0) is 36.2 Å². The number of benzene rings is 2. The van der Waals surface area contributed by atoms with Gasteiger partial charge >= 0.3 is 5.97 Å². The third-order valence-corrected chi connectivity index (χ3v) is 4.23. The number of pyridine rings is 1. The van der Waals surface area contributed by atoms with E-state index in [-0.39, 0.29) is 16.7 Å². The molecule has 4 nitrogen and oxygen atoms in total. The third kappa shape index (κ3) is 3.42. The number of hydrogen-bond acceptors (Lipinski definition) is 3. The molecule has 0 aliphatic heterocycles. The van der Waals surface area contributed by atoms with E-state index in [1.54, 1.807) is 17.6 Å². The Morgan fingerprint density at radius 1 is 1.08 bits per heavy atom. The van der Waals surface area contributed by atoms with E-state index in [9.17, 15) is 14.0 Å². The maximum Gasteiger partial charge on any atom is 0.338 e. The molecule has 0 unspecified atom stereocenters. The molecule has 132 valence electrons. The van der Waals surface area contributed by atoms with Crippen LogP contribution in [0.2, 0.25) is 0 Å². The zero-order chi connectivity index (χ0) is 18.7. The summed E-state index contributed by atoms with van der Waals surface area (Å²) >= 11 is 0. The van der Waals surface area contributed by atoms with Crippen LogP contribution in [0.4, 0.5) is 4.39 Å². The molecule has 1 aromatic heterocycles. The summed E-state index contributed by atoms with van der Waals surface area (Å²) < 4.78 is 20.8. The average molecular weight is 351 g/mol. The van der Waals surface area contributed by atoms with E-state index < -0.39 is 11.8 Å². The van der Waals surface area contributed by atoms with Gasteiger partial charge in [-0.2, -0.15) is 0 Å². The molecule has 0 bridgehead atoms. The van der Waals surface area contributed by atoms with Crippen LogP contribution in [0.5, 0.6) is 0 Å². The number of carbonyl (C=O) groups excluding carboxylic acids is 1. The SMILES string of the molecule is COC(=O)c1cccc(F)c1-c1cc(C)n(Cc2ccccc2)c(=O)c1. The monoisotopic (exact) mass is 351 g/mol. The summed E-state index contributed by atoms with van der Waals surface area (Å²) in [5.41, 5.74) is 1.93. The summed E-state index contributed by atoms with van der Waals surface area (Å²) in [6.07, 6.45) is 0. The molecule has 0 fully saturated rings. The first-order valence-corrected chi connectivity index (χ1v) is 8.14. The molecule has 0 saturated heterocycles. The quantitative estimate of drug-likeness (QED) is 0.672. The van der Waals surface area contributed by atoms with E-state index >= 15 is 0 Å². The highest BCUT2D eigenvalue weighted by Crippen LogP contribution is 2.27. The Morgan fingerprint density at radius 3 is 2.46 bits per heavy atom. The molecule has 0 atom stereocenters. The van der Waals surface area contributed by atoms with Crippen molar-refractivity contribution < 1.29 is 13.9 Å². The normalized spacial score (nSPS) is 10.6. The highest BCUT2D eigenvalue weighted by molar-refractivity contribution is 5.97. The number of hydrogen-bond donors (Lipinski definition) is 0. The summed E-state index contributed by atoms with van der Waals surface area (Å²) in [5, 5.41) is 0. The number of nitrogens with zero attached hydrogens (tertiary/aromatic N) is 1. The van der Waals surface area contributed by atoms with Gasteiger partial charge in [-0.25, -0.2) is 9.18 Å². The van der Waals surface area contributed by atoms with Gasteiger partial charge in [-0.15, -0.1) is 0 Å². The zero-order valence-corrected chi connectivity index (χ0v) is 14.5. The van der Waals surface area contributed by atoms with Crippen LogP contribution in [0.25, 0.3) is 11.1 Å². The van der Waals surface area contributed by atoms with Crippen LogP contribution in [-0.2, 0) is 11.3 Å². The van der Waals surface area contributed by atoms with Crippen LogP contribution < -0.4 is 5.56 Å². The van der Waals surface area contributed by atoms with Crippen molar-refractivity contribution in [3.05, 3.63) is 93.7 Å². The van der Waals surface area contributed by atoms with E-state index in [0.29, 0.717) is 17.8 Å². The standard InChI is InChI=1S/C21H18FNO3/c1-14-11-16(20-17(21(25)26-2)9-6-10-18(20)22)12-19(24)23(14)13-15-7-4-3-5-8-15/h3-12H,13H2,1-2H3. The largest absolute Gasteiger partial charge is 0.465 e. The molecule has 0 amide bonds. The van der Waals surface area contributed by atoms with Crippen LogP contribution in [0.3, 0.4) is 0 Å². The molecule has 26 heavy (non-hydrogen) atoms. The van der Waals surface area contributed by atoms with Gasteiger partial charge in [-0.3, -0.25) is 4.79 Å². The van der Waals surface area contributed by atoms with Crippen molar-refractivity contribution in [3.8, 4) is 11.1 Å². The first-order valence-electron chi connectivity index (χ1n) is 8.14. The van der Waals surface area contributed by atoms with Crippen molar-refractivity contribution in [2.75, 3.05) is 7.11 Å². The van der Waals surface area contributed by atoms with Crippen molar-refractivity contribution in [2.24, 2.45) is 0 Å². The first-order chi connectivity index (χ1) is 12.5. The highest BCUT2D eigenvalue weighted by atomic mass is 19.1. The average Bonchev–Trinajstić information content (AvgIpc) is 2.64. The van der Waals surface area contributed by atoms with E-state index in [2.05, 4.69) is 0 Å². The number of esters is 1. The predicted octanol–water partition coefficient (Wildman–Crippen LogP) is 3.80. The van der Waals surface area contributed by atoms with E-state index in [1.165, 1.54) is 31.4 Å². The summed E-state index contributed by atoms with van der Waals surface area (Å²) in [4.78, 5) is 24.6. The van der Waals surface area contributed by atoms with Crippen LogP contribution in [0, 0.1) is 12.7 Å². The van der Waals surface area contributed by atoms with Gasteiger partial charge in [-0.1, -0.05) is 36.4 Å². The number of carbonyl (C=O) groups is 1. The van der Waals surface area contributed by atoms with Crippen molar-refractivity contribution in [1.29, 1.82) is 0 Å². The molecule has 5 heteroatoms. The van der Waals surface area contributed by atoms with Gasteiger partial charge in [0.1, 0.15) is 5.82 Å². The molecule has 3 aromatic rings. The number of methoxy groups -OCH3 is 1. The lowest BCUT2D eigenvalue weighted by molar-refractivity contribution is 0.0601. The Kier molecular flexibility index (Phi) is 4.98. The lowest BCUT2D eigenvalue weighted by Crippen LogP contribution is -2.22. The summed E-state index contributed by atoms with van der Waals surface area (Å²) in [6.45, 7) is 2.21. The van der Waals surface area contributed by atoms with Crippen molar-refractivity contribution in [2.45, 2.75) is 13.5 Å². The van der Waals surface area contributed by atoms with Gasteiger partial charge in [0, 0.05) is 17.3 Å². The van der Waals surface area contributed by atoms with Gasteiger partial charge in [0.2, 0.25) is 0 Å². The highest BCUT2D eigenvalue weighted by Gasteiger charge is 2.18. The summed E-state index contributed by atoms with van der Waals surface area (Å²) in [5.74, 6) is -1.22. The smallest absolute Gasteiger partial charge is 0.338 e. The molecular formula is C21H18FNO3. The molecule has 0 N–H and O–H groups in total. The predicted molar refractivity (Wildman–Crippen MR) is 97.7 cm³/mol. The molecule has 3 rings (SSSR count). The summed E-state index contributed by atoms with van der Waals surface area (Å²) in [7, 11) is 1.24. The number of ether oxygens (including phenoxy) is 1. The summed E-state index contributed by atoms with van der Waals surface area (Å²) in [6, 6.07) is 16.8. The molecule has 0 radical (unpaired) electrons. The van der Waals surface area contributed by atoms with Crippen LogP contribution in [0.15, 0.2) is 65.5 Å². The fourth-order valence-corrected chi connectivity index (χ4v) is 2.94. The van der Waals surface area contributed by atoms with E-state index in [4.69, 9.17) is 4.74 Å². The number of aromatic nitrogens is 1. The van der Waals surface area contributed by atoms with Crippen LogP contribution in [-0.4, -0.2) is 17.6 Å². The van der Waals surface area contributed by atoms with E-state index in [1.807, 2.05) is 30.3 Å². The molecule has 2 aromatic carbocycles. The van der Waals surface area contributed by atoms with Gasteiger partial charge in [0.15, 0.2) is 0 Å². The van der Waals surface area contributed by atoms with Gasteiger partial charge < -0.3 is 9.30 Å². The fourth-order valence-electron chi connectivity index (χ4n) is 2.94. The minimum Gasteiger partial charge on any atom is -0.465 e. The maximum absolute atomic E-state index is 14.4. The Morgan fingerprint density at radius 2 is 1.81 bits per heavy atom. The molecule has 0 aliphatic rings. The molecule has 1 heterocycles. The lowest BCUT2D eigenvalue weighted by Gasteiger charge is -2.14. The molecule has 0 saturated carbocycles. The van der Waals surface area contributed by atoms with Crippen LogP contribution >= 0.6 is 0 Å². The lowest BCUT2D eigenvalue weighted by atomic mass is 9.99. The number of aryl methyl sites for hydroxylation is 1. The van der Waals surface area contributed by atoms with Crippen LogP contribution in [0.1, 0.15) is 21.6 Å². The Bertz CT molecular complexity index is 1010. The first kappa shape index (κ1) is 17.6. The van der Waals surface area contributed by atoms with E-state index in [0.717, 1.165) is 5.56 Å². The van der Waals surface area contributed by atoms with Crippen molar-refractivity contribution >= 4 is 5.97 Å². The third-order valence-electron chi connectivity index (χ3n) is 4.23. The number of halogens is 1. The molecule has 0 aliphatic carbocycles. The zero-order valence-electron chi connectivity index (χ0n) is 14.5. The minimum absolute atomic E-state index is 0.0754. The van der Waals surface area contributed by atoms with Gasteiger partial charge in [0.05, 0.1) is 19.2 Å².